The molecule has 1 heterocycles. The number of nitrogens with zero attached hydrogens (tertiary/aromatic N) is 3. The number of benzene rings is 1. The van der Waals surface area contributed by atoms with Crippen LogP contribution in [-0.4, -0.2) is 21.6 Å². The van der Waals surface area contributed by atoms with E-state index in [-0.39, 0.29) is 23.4 Å². The summed E-state index contributed by atoms with van der Waals surface area (Å²) in [6.07, 6.45) is 0. The van der Waals surface area contributed by atoms with E-state index in [2.05, 4.69) is 35.7 Å². The zero-order valence-corrected chi connectivity index (χ0v) is 12.8. The van der Waals surface area contributed by atoms with Crippen LogP contribution in [0.3, 0.4) is 0 Å². The lowest BCUT2D eigenvalue weighted by Crippen LogP contribution is -2.13. The van der Waals surface area contributed by atoms with Crippen molar-refractivity contribution < 1.29 is 9.47 Å². The number of aromatic nitrogens is 3. The molecular formula is C15H20N4O2. The fraction of sp³-hybridized carbons (Fsp3) is 0.400. The van der Waals surface area contributed by atoms with E-state index in [9.17, 15) is 0 Å². The van der Waals surface area contributed by atoms with Crippen molar-refractivity contribution >= 4 is 5.95 Å². The van der Waals surface area contributed by atoms with Crippen molar-refractivity contribution in [1.82, 2.24) is 15.0 Å². The Bertz CT molecular complexity index is 623. The van der Waals surface area contributed by atoms with Gasteiger partial charge < -0.3 is 15.2 Å². The molecule has 2 N–H and O–H groups in total. The Kier molecular flexibility index (Phi) is 4.26. The highest BCUT2D eigenvalue weighted by Gasteiger charge is 2.19. The number of hydrogen-bond donors (Lipinski definition) is 1. The molecule has 6 heteroatoms. The molecule has 6 nitrogen and oxygen atoms in total. The van der Waals surface area contributed by atoms with Crippen LogP contribution in [0.15, 0.2) is 24.3 Å². The molecule has 2 aromatic rings. The summed E-state index contributed by atoms with van der Waals surface area (Å²) in [7, 11) is 0. The first-order valence-electron chi connectivity index (χ1n) is 6.82. The Morgan fingerprint density at radius 3 is 2.38 bits per heavy atom. The second-order valence-electron chi connectivity index (χ2n) is 5.54. The minimum Gasteiger partial charge on any atom is -0.464 e. The third kappa shape index (κ3) is 3.81. The second-order valence-corrected chi connectivity index (χ2v) is 5.54. The van der Waals surface area contributed by atoms with Crippen LogP contribution in [0.5, 0.6) is 17.8 Å². The second kappa shape index (κ2) is 5.95. The number of hydrogen-bond acceptors (Lipinski definition) is 6. The first-order chi connectivity index (χ1) is 9.90. The zero-order valence-electron chi connectivity index (χ0n) is 12.8. The molecule has 0 amide bonds. The smallest absolute Gasteiger partial charge is 0.330 e. The number of anilines is 1. The summed E-state index contributed by atoms with van der Waals surface area (Å²) in [5.74, 6) is 0.759. The van der Waals surface area contributed by atoms with Gasteiger partial charge in [0.25, 0.3) is 0 Å². The van der Waals surface area contributed by atoms with E-state index in [0.29, 0.717) is 12.4 Å². The van der Waals surface area contributed by atoms with Crippen LogP contribution in [0.2, 0.25) is 0 Å². The summed E-state index contributed by atoms with van der Waals surface area (Å²) in [5.41, 5.74) is 6.64. The van der Waals surface area contributed by atoms with E-state index >= 15 is 0 Å². The molecular weight excluding hydrogens is 268 g/mol. The molecule has 2 rings (SSSR count). The van der Waals surface area contributed by atoms with Crippen molar-refractivity contribution in [2.24, 2.45) is 0 Å². The van der Waals surface area contributed by atoms with Crippen molar-refractivity contribution in [2.75, 3.05) is 12.3 Å². The lowest BCUT2D eigenvalue weighted by atomic mass is 9.86. The molecule has 1 aromatic heterocycles. The van der Waals surface area contributed by atoms with Gasteiger partial charge in [0.15, 0.2) is 0 Å². The molecule has 0 aliphatic carbocycles. The van der Waals surface area contributed by atoms with Crippen LogP contribution >= 0.6 is 0 Å². The molecule has 0 radical (unpaired) electrons. The Morgan fingerprint density at radius 2 is 1.71 bits per heavy atom. The quantitative estimate of drug-likeness (QED) is 0.931. The van der Waals surface area contributed by atoms with Crippen LogP contribution < -0.4 is 15.2 Å². The lowest BCUT2D eigenvalue weighted by molar-refractivity contribution is 0.303. The molecule has 0 saturated carbocycles. The fourth-order valence-corrected chi connectivity index (χ4v) is 1.87. The molecule has 0 fully saturated rings. The molecule has 0 bridgehead atoms. The highest BCUT2D eigenvalue weighted by Crippen LogP contribution is 2.33. The van der Waals surface area contributed by atoms with E-state index < -0.39 is 0 Å². The highest BCUT2D eigenvalue weighted by atomic mass is 16.5. The maximum atomic E-state index is 5.78. The summed E-state index contributed by atoms with van der Waals surface area (Å²) >= 11 is 0. The maximum Gasteiger partial charge on any atom is 0.330 e. The number of nitrogens with two attached hydrogens (primary N) is 1. The molecule has 112 valence electrons. The van der Waals surface area contributed by atoms with Crippen LogP contribution in [0.1, 0.15) is 33.3 Å². The fourth-order valence-electron chi connectivity index (χ4n) is 1.87. The largest absolute Gasteiger partial charge is 0.464 e. The highest BCUT2D eigenvalue weighted by molar-refractivity contribution is 5.40. The number of ether oxygens (including phenoxy) is 2. The van der Waals surface area contributed by atoms with Crippen LogP contribution in [-0.2, 0) is 5.41 Å². The SMILES string of the molecule is CCOc1nc(N)nc(Oc2ccccc2C(C)(C)C)n1. The van der Waals surface area contributed by atoms with Crippen molar-refractivity contribution in [3.05, 3.63) is 29.8 Å². The predicted octanol–water partition coefficient (Wildman–Crippen LogP) is 2.94. The average Bonchev–Trinajstić information content (AvgIpc) is 2.37. The zero-order chi connectivity index (χ0) is 15.5. The van der Waals surface area contributed by atoms with E-state index in [4.69, 9.17) is 15.2 Å². The third-order valence-corrected chi connectivity index (χ3v) is 2.78. The predicted molar refractivity (Wildman–Crippen MR) is 80.6 cm³/mol. The van der Waals surface area contributed by atoms with Gasteiger partial charge in [-0.25, -0.2) is 0 Å². The third-order valence-electron chi connectivity index (χ3n) is 2.78. The van der Waals surface area contributed by atoms with Gasteiger partial charge in [-0.1, -0.05) is 39.0 Å². The van der Waals surface area contributed by atoms with Gasteiger partial charge in [0.05, 0.1) is 6.61 Å². The van der Waals surface area contributed by atoms with Gasteiger partial charge in [-0.15, -0.1) is 4.98 Å². The summed E-state index contributed by atoms with van der Waals surface area (Å²) in [4.78, 5) is 12.0. The molecule has 0 saturated heterocycles. The monoisotopic (exact) mass is 288 g/mol. The number of nitrogen functional groups attached to an aromatic ring is 1. The minimum atomic E-state index is -0.0576. The van der Waals surface area contributed by atoms with E-state index in [0.717, 1.165) is 5.56 Å². The summed E-state index contributed by atoms with van der Waals surface area (Å²) in [5, 5.41) is 0. The molecule has 0 atom stereocenters. The topological polar surface area (TPSA) is 83.2 Å². The average molecular weight is 288 g/mol. The van der Waals surface area contributed by atoms with Crippen molar-refractivity contribution in [2.45, 2.75) is 33.1 Å². The maximum absolute atomic E-state index is 5.78. The van der Waals surface area contributed by atoms with Crippen LogP contribution in [0.4, 0.5) is 5.95 Å². The molecule has 21 heavy (non-hydrogen) atoms. The molecule has 0 aliphatic rings. The number of para-hydroxylation sites is 1. The normalized spacial score (nSPS) is 11.2. The Morgan fingerprint density at radius 1 is 1.05 bits per heavy atom. The van der Waals surface area contributed by atoms with Gasteiger partial charge in [0.2, 0.25) is 5.95 Å². The molecule has 1 aromatic carbocycles. The summed E-state index contributed by atoms with van der Waals surface area (Å²) in [6, 6.07) is 8.06. The van der Waals surface area contributed by atoms with Crippen molar-refractivity contribution in [1.29, 1.82) is 0 Å². The van der Waals surface area contributed by atoms with Gasteiger partial charge >= 0.3 is 12.0 Å². The lowest BCUT2D eigenvalue weighted by Gasteiger charge is -2.21. The van der Waals surface area contributed by atoms with Crippen molar-refractivity contribution in [3.63, 3.8) is 0 Å². The van der Waals surface area contributed by atoms with Crippen molar-refractivity contribution in [3.8, 4) is 17.8 Å². The summed E-state index contributed by atoms with van der Waals surface area (Å²) in [6.45, 7) is 8.63. The van der Waals surface area contributed by atoms with Gasteiger partial charge in [0, 0.05) is 5.56 Å². The van der Waals surface area contributed by atoms with Gasteiger partial charge in [0.1, 0.15) is 5.75 Å². The Labute approximate surface area is 124 Å². The molecule has 0 spiro atoms. The Balaban J connectivity index is 2.35. The first kappa shape index (κ1) is 15.0. The standard InChI is InChI=1S/C15H20N4O2/c1-5-20-13-17-12(16)18-14(19-13)21-11-9-7-6-8-10(11)15(2,3)4/h6-9H,5H2,1-4H3,(H2,16,17,18,19). The number of rotatable bonds is 4. The first-order valence-corrected chi connectivity index (χ1v) is 6.82. The summed E-state index contributed by atoms with van der Waals surface area (Å²) < 4.78 is 11.0. The van der Waals surface area contributed by atoms with Gasteiger partial charge in [-0.2, -0.15) is 9.97 Å². The van der Waals surface area contributed by atoms with Crippen LogP contribution in [0, 0.1) is 0 Å². The van der Waals surface area contributed by atoms with E-state index in [1.165, 1.54) is 0 Å². The Hall–Kier alpha value is -2.37. The van der Waals surface area contributed by atoms with Gasteiger partial charge in [-0.05, 0) is 18.4 Å². The minimum absolute atomic E-state index is 0.0576. The molecule has 0 unspecified atom stereocenters. The van der Waals surface area contributed by atoms with Crippen LogP contribution in [0.25, 0.3) is 0 Å². The molecule has 0 aliphatic heterocycles. The van der Waals surface area contributed by atoms with E-state index in [1.54, 1.807) is 0 Å². The van der Waals surface area contributed by atoms with Gasteiger partial charge in [-0.3, -0.25) is 0 Å². The van der Waals surface area contributed by atoms with E-state index in [1.807, 2.05) is 31.2 Å².